The molecule has 0 aromatic carbocycles. The molecule has 0 bridgehead atoms. The van der Waals surface area contributed by atoms with Gasteiger partial charge in [0.05, 0.1) is 6.61 Å². The van der Waals surface area contributed by atoms with Gasteiger partial charge in [-0.1, -0.05) is 140 Å². The summed E-state index contributed by atoms with van der Waals surface area (Å²) in [4.78, 5) is 34.4. The smallest absolute Gasteiger partial charge is 0.462 e. The summed E-state index contributed by atoms with van der Waals surface area (Å²) in [6, 6.07) is 0. The van der Waals surface area contributed by atoms with Gasteiger partial charge in [-0.25, -0.2) is 4.57 Å². The summed E-state index contributed by atoms with van der Waals surface area (Å²) < 4.78 is 31.9. The number of hydrogen-bond donors (Lipinski definition) is 1. The second kappa shape index (κ2) is 36.8. The van der Waals surface area contributed by atoms with Gasteiger partial charge in [-0.15, -0.1) is 0 Å². The Labute approximate surface area is 306 Å². The maximum atomic E-state index is 12.5. The van der Waals surface area contributed by atoms with Gasteiger partial charge in [0.25, 0.3) is 0 Å². The summed E-state index contributed by atoms with van der Waals surface area (Å²) in [5, 5.41) is 0. The van der Waals surface area contributed by atoms with Crippen LogP contribution < -0.4 is 0 Å². The topological polar surface area (TPSA) is 108 Å². The molecule has 0 aromatic rings. The van der Waals surface area contributed by atoms with Crippen molar-refractivity contribution in [2.24, 2.45) is 0 Å². The molecule has 2 atom stereocenters. The summed E-state index contributed by atoms with van der Waals surface area (Å²) in [6.45, 7) is 3.74. The number of allylic oxidation sites excluding steroid dienone is 8. The van der Waals surface area contributed by atoms with Crippen LogP contribution in [0.1, 0.15) is 174 Å². The van der Waals surface area contributed by atoms with Crippen LogP contribution in [0.15, 0.2) is 48.6 Å². The number of carbonyl (C=O) groups is 2. The van der Waals surface area contributed by atoms with E-state index in [-0.39, 0.29) is 25.4 Å². The van der Waals surface area contributed by atoms with E-state index in [2.05, 4.69) is 67.0 Å². The fourth-order valence-electron chi connectivity index (χ4n) is 5.25. The van der Waals surface area contributed by atoms with E-state index in [1.54, 1.807) is 0 Å². The lowest BCUT2D eigenvalue weighted by Gasteiger charge is -2.19. The lowest BCUT2D eigenvalue weighted by molar-refractivity contribution is -0.161. The van der Waals surface area contributed by atoms with Gasteiger partial charge in [-0.05, 0) is 70.6 Å². The highest BCUT2D eigenvalue weighted by atomic mass is 31.2. The van der Waals surface area contributed by atoms with Gasteiger partial charge in [0.1, 0.15) is 6.61 Å². The molecule has 0 amide bonds. The largest absolute Gasteiger partial charge is 0.472 e. The highest BCUT2D eigenvalue weighted by Gasteiger charge is 2.24. The van der Waals surface area contributed by atoms with Crippen molar-refractivity contribution in [1.29, 1.82) is 0 Å². The van der Waals surface area contributed by atoms with E-state index >= 15 is 0 Å². The lowest BCUT2D eigenvalue weighted by Crippen LogP contribution is -2.29. The fourth-order valence-corrected chi connectivity index (χ4v) is 5.71. The first-order valence-corrected chi connectivity index (χ1v) is 21.3. The summed E-state index contributed by atoms with van der Waals surface area (Å²) in [5.41, 5.74) is 0. The van der Waals surface area contributed by atoms with E-state index in [4.69, 9.17) is 14.0 Å². The average Bonchev–Trinajstić information content (AvgIpc) is 3.10. The minimum Gasteiger partial charge on any atom is -0.462 e. The van der Waals surface area contributed by atoms with Crippen molar-refractivity contribution in [2.75, 3.05) is 20.3 Å². The van der Waals surface area contributed by atoms with Crippen LogP contribution in [0.4, 0.5) is 0 Å². The van der Waals surface area contributed by atoms with Gasteiger partial charge in [0, 0.05) is 20.0 Å². The van der Waals surface area contributed by atoms with Crippen molar-refractivity contribution >= 4 is 19.8 Å². The zero-order valence-corrected chi connectivity index (χ0v) is 32.9. The van der Waals surface area contributed by atoms with Gasteiger partial charge in [-0.3, -0.25) is 18.6 Å². The van der Waals surface area contributed by atoms with Crippen LogP contribution >= 0.6 is 7.82 Å². The molecule has 0 heterocycles. The van der Waals surface area contributed by atoms with Gasteiger partial charge >= 0.3 is 19.8 Å². The molecule has 0 aliphatic rings. The molecule has 0 saturated heterocycles. The average molecular weight is 725 g/mol. The third-order valence-corrected chi connectivity index (χ3v) is 9.24. The number of unbranched alkanes of at least 4 members (excludes halogenated alkanes) is 17. The first kappa shape index (κ1) is 48.0. The van der Waals surface area contributed by atoms with Crippen molar-refractivity contribution in [1.82, 2.24) is 0 Å². The molecular weight excluding hydrogens is 651 g/mol. The summed E-state index contributed by atoms with van der Waals surface area (Å²) in [6.07, 6.45) is 43.0. The lowest BCUT2D eigenvalue weighted by atomic mass is 10.1. The van der Waals surface area contributed by atoms with E-state index in [1.807, 2.05) is 0 Å². The van der Waals surface area contributed by atoms with Gasteiger partial charge in [-0.2, -0.15) is 0 Å². The predicted octanol–water partition coefficient (Wildman–Crippen LogP) is 12.2. The molecule has 8 nitrogen and oxygen atoms in total. The van der Waals surface area contributed by atoms with Crippen LogP contribution in [-0.4, -0.2) is 43.3 Å². The molecule has 0 aliphatic carbocycles. The Morgan fingerprint density at radius 1 is 0.580 bits per heavy atom. The highest BCUT2D eigenvalue weighted by Crippen LogP contribution is 2.42. The molecule has 0 saturated carbocycles. The van der Waals surface area contributed by atoms with E-state index < -0.39 is 26.5 Å². The van der Waals surface area contributed by atoms with Gasteiger partial charge < -0.3 is 14.4 Å². The fraction of sp³-hybridized carbons (Fsp3) is 0.756. The molecular formula is C41H73O8P. The monoisotopic (exact) mass is 725 g/mol. The summed E-state index contributed by atoms with van der Waals surface area (Å²) >= 11 is 0. The number of carbonyl (C=O) groups excluding carboxylic acids is 2. The maximum Gasteiger partial charge on any atom is 0.472 e. The third-order valence-electron chi connectivity index (χ3n) is 8.31. The predicted molar refractivity (Wildman–Crippen MR) is 207 cm³/mol. The molecule has 9 heteroatoms. The van der Waals surface area contributed by atoms with Crippen LogP contribution in [0.25, 0.3) is 0 Å². The SMILES string of the molecule is CC/C=C\C/C=C\C/C=C\CCCCCCCCCC(=O)OC(COC(=O)CCCCCCC/C=C\CCCCCCC)COP(=O)(O)OC. The number of hydrogen-bond acceptors (Lipinski definition) is 7. The van der Waals surface area contributed by atoms with Crippen molar-refractivity contribution in [3.8, 4) is 0 Å². The van der Waals surface area contributed by atoms with Gasteiger partial charge in [0.2, 0.25) is 0 Å². The number of phosphoric acid groups is 1. The number of ether oxygens (including phenoxy) is 2. The molecule has 0 aromatic heterocycles. The van der Waals surface area contributed by atoms with E-state index in [1.165, 1.54) is 57.8 Å². The van der Waals surface area contributed by atoms with Crippen LogP contribution in [0, 0.1) is 0 Å². The molecule has 0 rings (SSSR count). The molecule has 2 unspecified atom stereocenters. The molecule has 0 fully saturated rings. The Kier molecular flexibility index (Phi) is 35.3. The summed E-state index contributed by atoms with van der Waals surface area (Å²) in [7, 11) is -3.21. The highest BCUT2D eigenvalue weighted by molar-refractivity contribution is 7.47. The molecule has 50 heavy (non-hydrogen) atoms. The minimum absolute atomic E-state index is 0.231. The van der Waals surface area contributed by atoms with Crippen LogP contribution in [-0.2, 0) is 32.7 Å². The Balaban J connectivity index is 4.07. The first-order valence-electron chi connectivity index (χ1n) is 19.8. The van der Waals surface area contributed by atoms with Crippen molar-refractivity contribution in [2.45, 2.75) is 180 Å². The molecule has 0 spiro atoms. The minimum atomic E-state index is -4.26. The van der Waals surface area contributed by atoms with Crippen molar-refractivity contribution in [3.05, 3.63) is 48.6 Å². The number of rotatable bonds is 36. The Hall–Kier alpha value is -1.99. The van der Waals surface area contributed by atoms with Crippen LogP contribution in [0.3, 0.4) is 0 Å². The van der Waals surface area contributed by atoms with Crippen molar-refractivity contribution < 1.29 is 37.6 Å². The maximum absolute atomic E-state index is 12.5. The molecule has 290 valence electrons. The quantitative estimate of drug-likeness (QED) is 0.0294. The Morgan fingerprint density at radius 3 is 1.54 bits per heavy atom. The Bertz CT molecular complexity index is 958. The summed E-state index contributed by atoms with van der Waals surface area (Å²) in [5.74, 6) is -0.827. The van der Waals surface area contributed by atoms with Gasteiger partial charge in [0.15, 0.2) is 6.10 Å². The molecule has 1 N–H and O–H groups in total. The van der Waals surface area contributed by atoms with Crippen LogP contribution in [0.2, 0.25) is 0 Å². The zero-order chi connectivity index (χ0) is 36.8. The second-order valence-corrected chi connectivity index (χ2v) is 14.6. The van der Waals surface area contributed by atoms with E-state index in [0.717, 1.165) is 90.6 Å². The van der Waals surface area contributed by atoms with E-state index in [0.29, 0.717) is 6.42 Å². The standard InChI is InChI=1S/C41H73O8P/c1-4-6-8-10-12-14-16-18-20-21-22-24-26-28-30-32-34-36-41(43)49-39(38-48-50(44,45)46-3)37-47-40(42)35-33-31-29-27-25-23-19-17-15-13-11-9-7-5-2/h6,8,12,14,17-20,39H,4-5,7,9-11,13,15-16,21-38H2,1-3H3,(H,44,45)/b8-6-,14-12-,19-17-,20-18-. The van der Waals surface area contributed by atoms with E-state index in [9.17, 15) is 19.0 Å². The second-order valence-electron chi connectivity index (χ2n) is 13.0. The number of phosphoric ester groups is 1. The number of esters is 2. The Morgan fingerprint density at radius 2 is 1.02 bits per heavy atom. The molecule has 0 aliphatic heterocycles. The third kappa shape index (κ3) is 35.8. The van der Waals surface area contributed by atoms with Crippen LogP contribution in [0.5, 0.6) is 0 Å². The first-order chi connectivity index (χ1) is 24.3. The normalized spacial score (nSPS) is 13.9. The van der Waals surface area contributed by atoms with Crippen molar-refractivity contribution in [3.63, 3.8) is 0 Å². The zero-order valence-electron chi connectivity index (χ0n) is 32.0. The molecule has 0 radical (unpaired) electrons.